The topological polar surface area (TPSA) is 32.3 Å². The van der Waals surface area contributed by atoms with Crippen LogP contribution >= 0.6 is 0 Å². The predicted octanol–water partition coefficient (Wildman–Crippen LogP) is 3.25. The average Bonchev–Trinajstić information content (AvgIpc) is 2.52. The van der Waals surface area contributed by atoms with Crippen LogP contribution in [0.1, 0.15) is 16.8 Å². The van der Waals surface area contributed by atoms with Crippen molar-refractivity contribution in [2.75, 3.05) is 25.5 Å². The van der Waals surface area contributed by atoms with Gasteiger partial charge in [-0.3, -0.25) is 0 Å². The highest BCUT2D eigenvalue weighted by Gasteiger charge is 2.35. The molecule has 1 aliphatic heterocycles. The van der Waals surface area contributed by atoms with Gasteiger partial charge in [0.2, 0.25) is 0 Å². The summed E-state index contributed by atoms with van der Waals surface area (Å²) in [6.45, 7) is 1.52. The summed E-state index contributed by atoms with van der Waals surface area (Å²) in [5, 5.41) is 0. The van der Waals surface area contributed by atoms with Crippen molar-refractivity contribution in [3.05, 3.63) is 47.4 Å². The Balaban J connectivity index is 2.06. The fourth-order valence-electron chi connectivity index (χ4n) is 2.88. The summed E-state index contributed by atoms with van der Waals surface area (Å²) in [6.07, 6.45) is -2.27. The summed E-state index contributed by atoms with van der Waals surface area (Å²) >= 11 is 0. The van der Waals surface area contributed by atoms with Crippen molar-refractivity contribution in [3.63, 3.8) is 0 Å². The van der Waals surface area contributed by atoms with Crippen molar-refractivity contribution in [1.82, 2.24) is 14.9 Å². The van der Waals surface area contributed by atoms with E-state index in [0.717, 1.165) is 30.3 Å². The number of hydrogen-bond acceptors (Lipinski definition) is 4. The standard InChI is InChI=1S/C16H17F3N4/c1-22-8-7-11-13(9-22)20-10-21-15(11)23(2)14-6-4-3-5-12(14)16(17,18)19/h3-6,10H,7-9H2,1-2H3. The zero-order valence-corrected chi connectivity index (χ0v) is 12.9. The van der Waals surface area contributed by atoms with Gasteiger partial charge in [-0.05, 0) is 25.6 Å². The first kappa shape index (κ1) is 15.7. The minimum Gasteiger partial charge on any atom is -0.329 e. The number of para-hydroxylation sites is 1. The third-order valence-electron chi connectivity index (χ3n) is 4.06. The van der Waals surface area contributed by atoms with E-state index in [1.54, 1.807) is 13.1 Å². The quantitative estimate of drug-likeness (QED) is 0.849. The van der Waals surface area contributed by atoms with Crippen molar-refractivity contribution < 1.29 is 13.2 Å². The van der Waals surface area contributed by atoms with Crippen LogP contribution in [0, 0.1) is 0 Å². The molecule has 122 valence electrons. The van der Waals surface area contributed by atoms with Gasteiger partial charge in [0.25, 0.3) is 0 Å². The number of fused-ring (bicyclic) bond motifs is 1. The summed E-state index contributed by atoms with van der Waals surface area (Å²) in [6, 6.07) is 5.55. The Morgan fingerprint density at radius 2 is 1.91 bits per heavy atom. The third kappa shape index (κ3) is 3.01. The lowest BCUT2D eigenvalue weighted by molar-refractivity contribution is -0.137. The number of likely N-dealkylation sites (N-methyl/N-ethyl adjacent to an activating group) is 1. The van der Waals surface area contributed by atoms with Gasteiger partial charge in [-0.25, -0.2) is 9.97 Å². The number of nitrogens with zero attached hydrogens (tertiary/aromatic N) is 4. The first-order valence-electron chi connectivity index (χ1n) is 7.29. The van der Waals surface area contributed by atoms with Gasteiger partial charge in [-0.1, -0.05) is 12.1 Å². The van der Waals surface area contributed by atoms with E-state index in [-0.39, 0.29) is 5.69 Å². The number of aromatic nitrogens is 2. The molecule has 7 heteroatoms. The molecule has 23 heavy (non-hydrogen) atoms. The second-order valence-corrected chi connectivity index (χ2v) is 5.68. The Hall–Kier alpha value is -2.15. The van der Waals surface area contributed by atoms with E-state index in [0.29, 0.717) is 12.4 Å². The molecular weight excluding hydrogens is 305 g/mol. The van der Waals surface area contributed by atoms with Crippen LogP contribution in [0.5, 0.6) is 0 Å². The van der Waals surface area contributed by atoms with E-state index < -0.39 is 11.7 Å². The molecule has 0 fully saturated rings. The monoisotopic (exact) mass is 322 g/mol. The van der Waals surface area contributed by atoms with Crippen molar-refractivity contribution in [3.8, 4) is 0 Å². The highest BCUT2D eigenvalue weighted by Crippen LogP contribution is 2.39. The molecule has 0 radical (unpaired) electrons. The van der Waals surface area contributed by atoms with Gasteiger partial charge < -0.3 is 9.80 Å². The Kier molecular flexibility index (Phi) is 3.97. The number of alkyl halides is 3. The lowest BCUT2D eigenvalue weighted by Gasteiger charge is -2.29. The van der Waals surface area contributed by atoms with E-state index in [4.69, 9.17) is 0 Å². The largest absolute Gasteiger partial charge is 0.418 e. The highest BCUT2D eigenvalue weighted by molar-refractivity contribution is 5.66. The molecule has 0 unspecified atom stereocenters. The number of halogens is 3. The number of anilines is 2. The molecular formula is C16H17F3N4. The minimum absolute atomic E-state index is 0.0971. The lowest BCUT2D eigenvalue weighted by Crippen LogP contribution is -2.29. The molecule has 0 saturated carbocycles. The molecule has 4 nitrogen and oxygen atoms in total. The molecule has 0 aliphatic carbocycles. The Morgan fingerprint density at radius 1 is 1.17 bits per heavy atom. The summed E-state index contributed by atoms with van der Waals surface area (Å²) in [5.74, 6) is 0.541. The zero-order valence-electron chi connectivity index (χ0n) is 12.9. The maximum Gasteiger partial charge on any atom is 0.418 e. The van der Waals surface area contributed by atoms with Crippen LogP contribution in [-0.4, -0.2) is 35.5 Å². The smallest absolute Gasteiger partial charge is 0.329 e. The van der Waals surface area contributed by atoms with E-state index in [1.165, 1.54) is 23.4 Å². The van der Waals surface area contributed by atoms with Gasteiger partial charge in [0.1, 0.15) is 12.1 Å². The Morgan fingerprint density at radius 3 is 2.65 bits per heavy atom. The molecule has 0 amide bonds. The normalized spacial score (nSPS) is 15.3. The molecule has 0 saturated heterocycles. The average molecular weight is 322 g/mol. The first-order valence-corrected chi connectivity index (χ1v) is 7.29. The van der Waals surface area contributed by atoms with Crippen LogP contribution in [0.4, 0.5) is 24.7 Å². The van der Waals surface area contributed by atoms with Gasteiger partial charge in [0, 0.05) is 25.7 Å². The zero-order chi connectivity index (χ0) is 16.6. The second kappa shape index (κ2) is 5.81. The number of hydrogen-bond donors (Lipinski definition) is 0. The van der Waals surface area contributed by atoms with Gasteiger partial charge in [-0.2, -0.15) is 13.2 Å². The molecule has 1 aliphatic rings. The van der Waals surface area contributed by atoms with Crippen molar-refractivity contribution in [1.29, 1.82) is 0 Å². The lowest BCUT2D eigenvalue weighted by atomic mass is 10.0. The fraction of sp³-hybridized carbons (Fsp3) is 0.375. The maximum absolute atomic E-state index is 13.2. The molecule has 2 aromatic rings. The fourth-order valence-corrected chi connectivity index (χ4v) is 2.88. The summed E-state index contributed by atoms with van der Waals surface area (Å²) in [4.78, 5) is 12.2. The molecule has 3 rings (SSSR count). The van der Waals surface area contributed by atoms with Gasteiger partial charge in [-0.15, -0.1) is 0 Å². The Bertz CT molecular complexity index is 715. The SMILES string of the molecule is CN1CCc2c(ncnc2N(C)c2ccccc2C(F)(F)F)C1. The molecule has 0 spiro atoms. The molecule has 1 aromatic carbocycles. The van der Waals surface area contributed by atoms with E-state index in [1.807, 2.05) is 7.05 Å². The Labute approximate surface area is 132 Å². The molecule has 0 bridgehead atoms. The van der Waals surface area contributed by atoms with Crippen LogP contribution in [0.2, 0.25) is 0 Å². The predicted molar refractivity (Wildman–Crippen MR) is 81.6 cm³/mol. The van der Waals surface area contributed by atoms with Crippen molar-refractivity contribution in [2.24, 2.45) is 0 Å². The number of benzene rings is 1. The molecule has 2 heterocycles. The van der Waals surface area contributed by atoms with Crippen molar-refractivity contribution in [2.45, 2.75) is 19.1 Å². The van der Waals surface area contributed by atoms with Gasteiger partial charge >= 0.3 is 6.18 Å². The van der Waals surface area contributed by atoms with Crippen LogP contribution < -0.4 is 4.90 Å². The van der Waals surface area contributed by atoms with E-state index >= 15 is 0 Å². The van der Waals surface area contributed by atoms with Crippen LogP contribution in [0.25, 0.3) is 0 Å². The highest BCUT2D eigenvalue weighted by atomic mass is 19.4. The second-order valence-electron chi connectivity index (χ2n) is 5.68. The van der Waals surface area contributed by atoms with Gasteiger partial charge in [0.15, 0.2) is 0 Å². The summed E-state index contributed by atoms with van der Waals surface area (Å²) < 4.78 is 39.7. The van der Waals surface area contributed by atoms with Gasteiger partial charge in [0.05, 0.1) is 16.9 Å². The molecule has 0 N–H and O–H groups in total. The van der Waals surface area contributed by atoms with Crippen LogP contribution in [-0.2, 0) is 19.1 Å². The van der Waals surface area contributed by atoms with Crippen LogP contribution in [0.15, 0.2) is 30.6 Å². The molecule has 1 aromatic heterocycles. The van der Waals surface area contributed by atoms with Crippen LogP contribution in [0.3, 0.4) is 0 Å². The van der Waals surface area contributed by atoms with E-state index in [2.05, 4.69) is 14.9 Å². The number of rotatable bonds is 2. The van der Waals surface area contributed by atoms with E-state index in [9.17, 15) is 13.2 Å². The molecule has 0 atom stereocenters. The van der Waals surface area contributed by atoms with Crippen molar-refractivity contribution >= 4 is 11.5 Å². The summed E-state index contributed by atoms with van der Waals surface area (Å²) in [5.41, 5.74) is 1.23. The first-order chi connectivity index (χ1) is 10.9. The minimum atomic E-state index is -4.40. The summed E-state index contributed by atoms with van der Waals surface area (Å²) in [7, 11) is 3.61. The maximum atomic E-state index is 13.2. The third-order valence-corrected chi connectivity index (χ3v) is 4.06.